The minimum Gasteiger partial charge on any atom is -0.444 e. The maximum atomic E-state index is 12.4. The summed E-state index contributed by atoms with van der Waals surface area (Å²) < 4.78 is 6.64. The van der Waals surface area contributed by atoms with Crippen molar-refractivity contribution in [3.8, 4) is 0 Å². The number of carbonyl (C=O) groups excluding carboxylic acids is 3. The van der Waals surface area contributed by atoms with Crippen molar-refractivity contribution in [3.05, 3.63) is 36.7 Å². The minimum absolute atomic E-state index is 0.0517. The van der Waals surface area contributed by atoms with Crippen molar-refractivity contribution in [3.63, 3.8) is 0 Å². The Balaban J connectivity index is 1.47. The molecule has 0 radical (unpaired) electrons. The van der Waals surface area contributed by atoms with Gasteiger partial charge in [0.25, 0.3) is 5.91 Å². The van der Waals surface area contributed by atoms with Gasteiger partial charge in [-0.2, -0.15) is 10.2 Å². The van der Waals surface area contributed by atoms with E-state index in [0.29, 0.717) is 13.1 Å². The third-order valence-electron chi connectivity index (χ3n) is 4.39. The van der Waals surface area contributed by atoms with Gasteiger partial charge >= 0.3 is 12.1 Å². The summed E-state index contributed by atoms with van der Waals surface area (Å²) in [5, 5.41) is 8.10. The topological polar surface area (TPSA) is 127 Å². The second-order valence-corrected chi connectivity index (χ2v) is 8.15. The lowest BCUT2D eigenvalue weighted by molar-refractivity contribution is -0.107. The first-order chi connectivity index (χ1) is 15.2. The second kappa shape index (κ2) is 9.83. The molecule has 32 heavy (non-hydrogen) atoms. The highest BCUT2D eigenvalue weighted by Crippen LogP contribution is 2.26. The van der Waals surface area contributed by atoms with Crippen molar-refractivity contribution in [2.75, 3.05) is 32.8 Å². The van der Waals surface area contributed by atoms with E-state index >= 15 is 0 Å². The highest BCUT2D eigenvalue weighted by Gasteiger charge is 2.41. The zero-order valence-electron chi connectivity index (χ0n) is 18.4. The summed E-state index contributed by atoms with van der Waals surface area (Å²) in [4.78, 5) is 48.3. The van der Waals surface area contributed by atoms with E-state index in [4.69, 9.17) is 14.4 Å². The van der Waals surface area contributed by atoms with Crippen molar-refractivity contribution >= 4 is 23.7 Å². The fourth-order valence-corrected chi connectivity index (χ4v) is 3.11. The summed E-state index contributed by atoms with van der Waals surface area (Å²) in [6.07, 6.45) is 4.53. The predicted molar refractivity (Wildman–Crippen MR) is 113 cm³/mol. The van der Waals surface area contributed by atoms with Crippen LogP contribution in [0.25, 0.3) is 5.70 Å². The van der Waals surface area contributed by atoms with E-state index in [9.17, 15) is 14.4 Å². The molecule has 3 rings (SSSR count). The fraction of sp³-hybridized carbons (Fsp3) is 0.500. The van der Waals surface area contributed by atoms with Gasteiger partial charge in [-0.15, -0.1) is 6.58 Å². The molecular weight excluding hydrogens is 420 g/mol. The highest BCUT2D eigenvalue weighted by molar-refractivity contribution is 5.91. The van der Waals surface area contributed by atoms with Gasteiger partial charge in [-0.1, -0.05) is 6.08 Å². The van der Waals surface area contributed by atoms with Gasteiger partial charge in [0, 0.05) is 19.3 Å². The summed E-state index contributed by atoms with van der Waals surface area (Å²) in [5.74, 6) is -0.535. The van der Waals surface area contributed by atoms with Crippen molar-refractivity contribution < 1.29 is 28.8 Å². The van der Waals surface area contributed by atoms with Gasteiger partial charge in [-0.05, 0) is 32.9 Å². The summed E-state index contributed by atoms with van der Waals surface area (Å²) >= 11 is 0. The number of amides is 4. The van der Waals surface area contributed by atoms with E-state index in [1.807, 2.05) is 6.08 Å². The molecule has 1 atom stereocenters. The van der Waals surface area contributed by atoms with Crippen LogP contribution in [0.4, 0.5) is 9.59 Å². The van der Waals surface area contributed by atoms with Crippen LogP contribution in [0, 0.1) is 0 Å². The Morgan fingerprint density at radius 3 is 2.88 bits per heavy atom. The van der Waals surface area contributed by atoms with Crippen molar-refractivity contribution in [2.45, 2.75) is 32.4 Å². The van der Waals surface area contributed by atoms with E-state index < -0.39 is 17.6 Å². The molecule has 4 amide bonds. The Morgan fingerprint density at radius 2 is 2.16 bits per heavy atom. The van der Waals surface area contributed by atoms with E-state index in [0.717, 1.165) is 5.70 Å². The van der Waals surface area contributed by atoms with Crippen molar-refractivity contribution in [1.82, 2.24) is 30.5 Å². The molecule has 174 valence electrons. The van der Waals surface area contributed by atoms with Gasteiger partial charge in [-0.25, -0.2) is 19.8 Å². The van der Waals surface area contributed by atoms with Crippen LogP contribution >= 0.6 is 0 Å². The number of fused-ring (bicyclic) bond motifs is 2. The lowest BCUT2D eigenvalue weighted by atomic mass is 10.2. The molecule has 0 aliphatic carbocycles. The molecule has 1 saturated heterocycles. The zero-order valence-corrected chi connectivity index (χ0v) is 18.4. The summed E-state index contributed by atoms with van der Waals surface area (Å²) in [5.41, 5.74) is 2.58. The number of aromatic nitrogens is 2. The first-order valence-corrected chi connectivity index (χ1v) is 10.2. The number of alkyl carbamates (subject to hydrolysis) is 1. The number of ether oxygens (including phenoxy) is 1. The Hall–Kier alpha value is -3.38. The van der Waals surface area contributed by atoms with Crippen molar-refractivity contribution in [2.24, 2.45) is 0 Å². The monoisotopic (exact) mass is 448 g/mol. The second-order valence-electron chi connectivity index (χ2n) is 8.15. The van der Waals surface area contributed by atoms with Gasteiger partial charge in [0.05, 0.1) is 31.5 Å². The van der Waals surface area contributed by atoms with Crippen LogP contribution in [0.1, 0.15) is 31.3 Å². The molecular formula is C20H28N6O6. The standard InChI is InChI=1S/C20H28N6O6/c1-5-9-31-26-15-11-14(12-24(13-15)19(26)29)25-8-6-16(22-25)17(27)23-30-10-7-21-18(28)32-20(2,3)4/h5-6,8,11,15H,1,7,9-10,12-13H2,2-4H3,(H,21,28)(H,23,27). The number of urea groups is 1. The largest absolute Gasteiger partial charge is 0.444 e. The maximum absolute atomic E-state index is 12.4. The molecule has 0 aromatic carbocycles. The highest BCUT2D eigenvalue weighted by atomic mass is 16.7. The minimum atomic E-state index is -0.591. The Kier molecular flexibility index (Phi) is 7.15. The maximum Gasteiger partial charge on any atom is 0.407 e. The van der Waals surface area contributed by atoms with Crippen LogP contribution in [0.3, 0.4) is 0 Å². The van der Waals surface area contributed by atoms with Crippen LogP contribution in [-0.2, 0) is 14.4 Å². The van der Waals surface area contributed by atoms with Crippen LogP contribution in [0.5, 0.6) is 0 Å². The van der Waals surface area contributed by atoms with Crippen LogP contribution < -0.4 is 10.8 Å². The molecule has 1 unspecified atom stereocenters. The SMILES string of the molecule is C=CCON1C(=O)N2CC(n3ccc(C(=O)NOCCNC(=O)OC(C)(C)C)n3)=CC1C2. The van der Waals surface area contributed by atoms with E-state index in [1.54, 1.807) is 42.6 Å². The third kappa shape index (κ3) is 5.86. The molecule has 2 aliphatic heterocycles. The summed E-state index contributed by atoms with van der Waals surface area (Å²) in [7, 11) is 0. The van der Waals surface area contributed by atoms with Gasteiger partial charge in [-0.3, -0.25) is 14.5 Å². The predicted octanol–water partition coefficient (Wildman–Crippen LogP) is 1.15. The zero-order chi connectivity index (χ0) is 23.3. The number of nitrogens with one attached hydrogen (secondary N) is 2. The van der Waals surface area contributed by atoms with E-state index in [2.05, 4.69) is 22.5 Å². The molecule has 1 aromatic rings. The van der Waals surface area contributed by atoms with Crippen LogP contribution in [0.2, 0.25) is 0 Å². The van der Waals surface area contributed by atoms with E-state index in [1.165, 1.54) is 11.1 Å². The molecule has 1 fully saturated rings. The number of hydrogen-bond donors (Lipinski definition) is 2. The van der Waals surface area contributed by atoms with Gasteiger partial charge in [0.1, 0.15) is 5.60 Å². The number of hydroxylamine groups is 3. The summed E-state index contributed by atoms with van der Waals surface area (Å²) in [6, 6.07) is 1.08. The summed E-state index contributed by atoms with van der Waals surface area (Å²) in [6.45, 7) is 10.2. The molecule has 2 bridgehead atoms. The average Bonchev–Trinajstić information content (AvgIpc) is 3.29. The van der Waals surface area contributed by atoms with Gasteiger partial charge in [0.2, 0.25) is 0 Å². The van der Waals surface area contributed by atoms with E-state index in [-0.39, 0.29) is 37.5 Å². The number of nitrogens with zero attached hydrogens (tertiary/aromatic N) is 4. The normalized spacial score (nSPS) is 17.8. The van der Waals surface area contributed by atoms with Gasteiger partial charge < -0.3 is 15.0 Å². The molecule has 0 saturated carbocycles. The number of rotatable bonds is 9. The molecule has 12 nitrogen and oxygen atoms in total. The Morgan fingerprint density at radius 1 is 1.38 bits per heavy atom. The molecule has 2 aliphatic rings. The molecule has 1 aromatic heterocycles. The molecule has 3 heterocycles. The third-order valence-corrected chi connectivity index (χ3v) is 4.39. The first-order valence-electron chi connectivity index (χ1n) is 10.2. The smallest absolute Gasteiger partial charge is 0.407 e. The fourth-order valence-electron chi connectivity index (χ4n) is 3.11. The quantitative estimate of drug-likeness (QED) is 0.330. The Labute approximate surface area is 185 Å². The lowest BCUT2D eigenvalue weighted by Gasteiger charge is -2.21. The van der Waals surface area contributed by atoms with Crippen LogP contribution in [0.15, 0.2) is 31.0 Å². The molecule has 2 N–H and O–H groups in total. The Bertz CT molecular complexity index is 905. The average molecular weight is 448 g/mol. The number of carbonyl (C=O) groups is 3. The van der Waals surface area contributed by atoms with Crippen LogP contribution in [-0.4, -0.2) is 82.3 Å². The van der Waals surface area contributed by atoms with Gasteiger partial charge in [0.15, 0.2) is 5.69 Å². The van der Waals surface area contributed by atoms with Crippen molar-refractivity contribution in [1.29, 1.82) is 0 Å². The number of hydrogen-bond acceptors (Lipinski definition) is 7. The first kappa shape index (κ1) is 23.3. The lowest BCUT2D eigenvalue weighted by Crippen LogP contribution is -2.35. The molecule has 12 heteroatoms. The molecule has 0 spiro atoms.